The number of nitrogen functional groups attached to an aromatic ring is 1. The van der Waals surface area contributed by atoms with E-state index in [2.05, 4.69) is 27.5 Å². The smallest absolute Gasteiger partial charge is 0.294 e. The van der Waals surface area contributed by atoms with Gasteiger partial charge >= 0.3 is 0 Å². The number of nitrogens with two attached hydrogens (primary N) is 1. The molecule has 5 N–H and O–H groups in total. The molecular formula is C29H43ClN6O5. The maximum absolute atomic E-state index is 12.4. The van der Waals surface area contributed by atoms with Crippen molar-refractivity contribution in [3.63, 3.8) is 0 Å². The van der Waals surface area contributed by atoms with Crippen molar-refractivity contribution in [1.29, 1.82) is 0 Å². The maximum Gasteiger partial charge on any atom is 0.294 e. The van der Waals surface area contributed by atoms with E-state index in [0.29, 0.717) is 40.0 Å². The van der Waals surface area contributed by atoms with E-state index in [-0.39, 0.29) is 30.2 Å². The lowest BCUT2D eigenvalue weighted by Gasteiger charge is -2.30. The largest absolute Gasteiger partial charge is 0.447 e. The summed E-state index contributed by atoms with van der Waals surface area (Å²) in [5.41, 5.74) is 7.10. The van der Waals surface area contributed by atoms with Crippen molar-refractivity contribution in [2.75, 3.05) is 36.6 Å². The van der Waals surface area contributed by atoms with Crippen LogP contribution in [0, 0.1) is 5.92 Å². The molecule has 0 aliphatic carbocycles. The Labute approximate surface area is 246 Å². The zero-order valence-electron chi connectivity index (χ0n) is 24.7. The fourth-order valence-electron chi connectivity index (χ4n) is 4.02. The van der Waals surface area contributed by atoms with Crippen molar-refractivity contribution < 1.29 is 23.9 Å². The number of pyridine rings is 2. The van der Waals surface area contributed by atoms with Crippen molar-refractivity contribution in [1.82, 2.24) is 14.9 Å². The lowest BCUT2D eigenvalue weighted by molar-refractivity contribution is -0.132. The highest BCUT2D eigenvalue weighted by Crippen LogP contribution is 2.30. The Morgan fingerprint density at radius 1 is 1.20 bits per heavy atom. The van der Waals surface area contributed by atoms with E-state index in [1.54, 1.807) is 36.2 Å². The Hall–Kier alpha value is -3.70. The van der Waals surface area contributed by atoms with Gasteiger partial charge in [-0.25, -0.2) is 9.97 Å². The molecule has 0 saturated carbocycles. The third-order valence-corrected chi connectivity index (χ3v) is 6.20. The SMILES string of the molecule is CC.CCCC(CC[C@H](C)C=O)N(CCO)C(C)=O.CNc1c(C(=O)Nc2ccc(Cl)cn2)oc2ccc(N)nc12. The molecule has 0 spiro atoms. The van der Waals surface area contributed by atoms with Gasteiger partial charge in [0.25, 0.3) is 5.91 Å². The van der Waals surface area contributed by atoms with Gasteiger partial charge in [0.15, 0.2) is 5.58 Å². The zero-order valence-corrected chi connectivity index (χ0v) is 25.5. The van der Waals surface area contributed by atoms with Gasteiger partial charge in [0.1, 0.15) is 29.1 Å². The molecule has 3 rings (SSSR count). The normalized spacial score (nSPS) is 11.7. The predicted octanol–water partition coefficient (Wildman–Crippen LogP) is 5.39. The number of rotatable bonds is 12. The highest BCUT2D eigenvalue weighted by molar-refractivity contribution is 6.30. The monoisotopic (exact) mass is 590 g/mol. The number of fused-ring (bicyclic) bond motifs is 1. The third kappa shape index (κ3) is 11.0. The van der Waals surface area contributed by atoms with Gasteiger partial charge in [0.2, 0.25) is 11.7 Å². The number of carbonyl (C=O) groups excluding carboxylic acids is 3. The number of halogens is 1. The maximum atomic E-state index is 12.4. The minimum Gasteiger partial charge on any atom is -0.447 e. The van der Waals surface area contributed by atoms with Crippen LogP contribution in [0.25, 0.3) is 11.1 Å². The van der Waals surface area contributed by atoms with Gasteiger partial charge in [-0.2, -0.15) is 0 Å². The molecule has 0 aliphatic heterocycles. The van der Waals surface area contributed by atoms with Crippen LogP contribution in [-0.4, -0.2) is 64.3 Å². The highest BCUT2D eigenvalue weighted by Gasteiger charge is 2.22. The number of amides is 2. The molecular weight excluding hydrogens is 548 g/mol. The van der Waals surface area contributed by atoms with Crippen LogP contribution in [0.2, 0.25) is 5.02 Å². The molecule has 2 amide bonds. The zero-order chi connectivity index (χ0) is 30.9. The summed E-state index contributed by atoms with van der Waals surface area (Å²) in [4.78, 5) is 44.4. The molecule has 3 aromatic rings. The number of anilines is 3. The summed E-state index contributed by atoms with van der Waals surface area (Å²) in [6.45, 7) is 9.87. The van der Waals surface area contributed by atoms with Crippen molar-refractivity contribution in [3.8, 4) is 0 Å². The molecule has 3 heterocycles. The molecule has 0 bridgehead atoms. The Bertz CT molecular complexity index is 1230. The highest BCUT2D eigenvalue weighted by atomic mass is 35.5. The number of nitrogens with one attached hydrogen (secondary N) is 2. The second-order valence-electron chi connectivity index (χ2n) is 9.02. The van der Waals surface area contributed by atoms with Gasteiger partial charge in [0, 0.05) is 38.7 Å². The van der Waals surface area contributed by atoms with Gasteiger partial charge in [-0.15, -0.1) is 0 Å². The minimum absolute atomic E-state index is 0.00347. The second kappa shape index (κ2) is 18.6. The van der Waals surface area contributed by atoms with Crippen molar-refractivity contribution in [2.45, 2.75) is 66.3 Å². The van der Waals surface area contributed by atoms with Crippen LogP contribution in [0.4, 0.5) is 17.3 Å². The van der Waals surface area contributed by atoms with E-state index in [9.17, 15) is 14.4 Å². The van der Waals surface area contributed by atoms with E-state index in [1.807, 2.05) is 20.8 Å². The van der Waals surface area contributed by atoms with Crippen molar-refractivity contribution >= 4 is 58.1 Å². The number of aliphatic hydroxyl groups is 1. The summed E-state index contributed by atoms with van der Waals surface area (Å²) in [5, 5.41) is 15.0. The number of aromatic nitrogens is 2. The molecule has 0 saturated heterocycles. The Morgan fingerprint density at radius 2 is 1.90 bits per heavy atom. The molecule has 0 radical (unpaired) electrons. The first kappa shape index (κ1) is 35.3. The lowest BCUT2D eigenvalue weighted by atomic mass is 9.98. The molecule has 0 fully saturated rings. The summed E-state index contributed by atoms with van der Waals surface area (Å²) in [7, 11) is 1.67. The summed E-state index contributed by atoms with van der Waals surface area (Å²) in [6.07, 6.45) is 5.93. The number of furan rings is 1. The first-order valence-corrected chi connectivity index (χ1v) is 14.2. The van der Waals surface area contributed by atoms with E-state index in [0.717, 1.165) is 32.0 Å². The summed E-state index contributed by atoms with van der Waals surface area (Å²) >= 11 is 5.76. The van der Waals surface area contributed by atoms with Gasteiger partial charge in [-0.05, 0) is 43.5 Å². The molecule has 226 valence electrons. The fourth-order valence-corrected chi connectivity index (χ4v) is 4.14. The van der Waals surface area contributed by atoms with E-state index in [1.165, 1.54) is 13.1 Å². The standard InChI is InChI=1S/C14H12ClN5O2.C13H25NO3.C2H6/c1-17-12-11-8(3-4-9(16)19-11)22-13(12)14(21)20-10-5-2-7(15)6-18-10;1-4-5-13(7-6-11(2)10-16)14(8-9-15)12(3)17;1-2/h2-6,17H,1H3,(H2,16,19)(H,18,20,21);10-11,13,15H,4-9H2,1-3H3;1-2H3/t;11-,13?;/m.0./s1. The second-order valence-corrected chi connectivity index (χ2v) is 9.46. The molecule has 1 unspecified atom stereocenters. The van der Waals surface area contributed by atoms with Gasteiger partial charge in [-0.1, -0.05) is 45.7 Å². The number of carbonyl (C=O) groups is 3. The van der Waals surface area contributed by atoms with Crippen LogP contribution < -0.4 is 16.4 Å². The molecule has 0 aromatic carbocycles. The van der Waals surface area contributed by atoms with Gasteiger partial charge in [0.05, 0.1) is 11.6 Å². The number of aldehydes is 1. The van der Waals surface area contributed by atoms with E-state index >= 15 is 0 Å². The Balaban J connectivity index is 0.000000401. The van der Waals surface area contributed by atoms with Crippen LogP contribution in [-0.2, 0) is 9.59 Å². The minimum atomic E-state index is -0.448. The van der Waals surface area contributed by atoms with Crippen LogP contribution in [0.3, 0.4) is 0 Å². The predicted molar refractivity (Wildman–Crippen MR) is 164 cm³/mol. The molecule has 12 heteroatoms. The molecule has 41 heavy (non-hydrogen) atoms. The molecule has 2 atom stereocenters. The molecule has 3 aromatic heterocycles. The van der Waals surface area contributed by atoms with Crippen LogP contribution in [0.5, 0.6) is 0 Å². The number of aliphatic hydroxyl groups excluding tert-OH is 1. The van der Waals surface area contributed by atoms with Crippen LogP contribution in [0.15, 0.2) is 34.9 Å². The lowest BCUT2D eigenvalue weighted by Crippen LogP contribution is -2.41. The molecule has 0 aliphatic rings. The molecule has 11 nitrogen and oxygen atoms in total. The third-order valence-electron chi connectivity index (χ3n) is 5.98. The van der Waals surface area contributed by atoms with Crippen LogP contribution >= 0.6 is 11.6 Å². The van der Waals surface area contributed by atoms with Gasteiger partial charge < -0.3 is 35.6 Å². The topological polar surface area (TPSA) is 164 Å². The fraction of sp³-hybridized carbons (Fsp3) is 0.483. The first-order chi connectivity index (χ1) is 19.6. The van der Waals surface area contributed by atoms with E-state index < -0.39 is 5.91 Å². The van der Waals surface area contributed by atoms with Crippen molar-refractivity contribution in [2.24, 2.45) is 5.92 Å². The average molecular weight is 591 g/mol. The Morgan fingerprint density at radius 3 is 2.44 bits per heavy atom. The summed E-state index contributed by atoms with van der Waals surface area (Å²) < 4.78 is 5.56. The number of nitrogens with zero attached hydrogens (tertiary/aromatic N) is 3. The van der Waals surface area contributed by atoms with Crippen LogP contribution in [0.1, 0.15) is 70.9 Å². The summed E-state index contributed by atoms with van der Waals surface area (Å²) in [5.74, 6) is 0.400. The Kier molecular flexibility index (Phi) is 16.0. The average Bonchev–Trinajstić information content (AvgIpc) is 3.34. The first-order valence-electron chi connectivity index (χ1n) is 13.8. The number of hydrogen-bond donors (Lipinski definition) is 4. The van der Waals surface area contributed by atoms with Crippen molar-refractivity contribution in [3.05, 3.63) is 41.2 Å². The number of hydrogen-bond acceptors (Lipinski definition) is 9. The van der Waals surface area contributed by atoms with E-state index in [4.69, 9.17) is 26.9 Å². The van der Waals surface area contributed by atoms with Gasteiger partial charge in [-0.3, -0.25) is 9.59 Å². The summed E-state index contributed by atoms with van der Waals surface area (Å²) in [6, 6.07) is 6.64. The quantitative estimate of drug-likeness (QED) is 0.202.